The van der Waals surface area contributed by atoms with Crippen LogP contribution in [0.5, 0.6) is 5.75 Å². The molecular formula is C18H29N3O4S. The molecule has 0 aliphatic carbocycles. The molecule has 1 saturated heterocycles. The highest BCUT2D eigenvalue weighted by Crippen LogP contribution is 2.29. The van der Waals surface area contributed by atoms with E-state index >= 15 is 0 Å². The number of benzene rings is 1. The van der Waals surface area contributed by atoms with Gasteiger partial charge in [0.25, 0.3) is 0 Å². The van der Waals surface area contributed by atoms with E-state index in [1.165, 1.54) is 16.4 Å². The third kappa shape index (κ3) is 4.96. The van der Waals surface area contributed by atoms with E-state index in [1.807, 2.05) is 6.92 Å². The van der Waals surface area contributed by atoms with Gasteiger partial charge in [0, 0.05) is 25.6 Å². The van der Waals surface area contributed by atoms with E-state index in [-0.39, 0.29) is 16.8 Å². The van der Waals surface area contributed by atoms with Crippen LogP contribution in [-0.2, 0) is 14.8 Å². The summed E-state index contributed by atoms with van der Waals surface area (Å²) in [4.78, 5) is 12.5. The van der Waals surface area contributed by atoms with E-state index in [1.54, 1.807) is 19.9 Å². The standard InChI is InChI=1S/C18H29N3O4S/c1-4-21(5-2)26(23,24)15-9-10-17(25-6-3)16(13-15)20-18(22)12-14-8-7-11-19-14/h9-10,13-14,19H,4-8,11-12H2,1-3H3,(H,20,22). The Morgan fingerprint density at radius 2 is 2.04 bits per heavy atom. The van der Waals surface area contributed by atoms with Gasteiger partial charge in [0.15, 0.2) is 0 Å². The van der Waals surface area contributed by atoms with Crippen molar-refractivity contribution < 1.29 is 17.9 Å². The van der Waals surface area contributed by atoms with Crippen LogP contribution >= 0.6 is 0 Å². The van der Waals surface area contributed by atoms with E-state index in [0.29, 0.717) is 37.6 Å². The van der Waals surface area contributed by atoms with Crippen molar-refractivity contribution in [1.82, 2.24) is 9.62 Å². The van der Waals surface area contributed by atoms with Gasteiger partial charge in [0.1, 0.15) is 5.75 Å². The van der Waals surface area contributed by atoms with Crippen molar-refractivity contribution in [3.05, 3.63) is 18.2 Å². The Bertz CT molecular complexity index is 711. The number of carbonyl (C=O) groups is 1. The fourth-order valence-electron chi connectivity index (χ4n) is 3.12. The van der Waals surface area contributed by atoms with Crippen LogP contribution in [0.25, 0.3) is 0 Å². The number of hydrogen-bond donors (Lipinski definition) is 2. The van der Waals surface area contributed by atoms with Crippen LogP contribution in [0.3, 0.4) is 0 Å². The Kier molecular flexibility index (Phi) is 7.43. The summed E-state index contributed by atoms with van der Waals surface area (Å²) in [5.41, 5.74) is 0.392. The number of amides is 1. The van der Waals surface area contributed by atoms with Gasteiger partial charge in [0.05, 0.1) is 17.2 Å². The zero-order chi connectivity index (χ0) is 19.2. The van der Waals surface area contributed by atoms with Gasteiger partial charge in [-0.25, -0.2) is 8.42 Å². The highest BCUT2D eigenvalue weighted by molar-refractivity contribution is 7.89. The summed E-state index contributed by atoms with van der Waals surface area (Å²) < 4.78 is 32.4. The minimum atomic E-state index is -3.60. The number of anilines is 1. The van der Waals surface area contributed by atoms with Crippen molar-refractivity contribution in [2.75, 3.05) is 31.6 Å². The lowest BCUT2D eigenvalue weighted by atomic mass is 10.1. The Morgan fingerprint density at radius 1 is 1.31 bits per heavy atom. The summed E-state index contributed by atoms with van der Waals surface area (Å²) >= 11 is 0. The summed E-state index contributed by atoms with van der Waals surface area (Å²) in [6.45, 7) is 7.57. The molecule has 146 valence electrons. The van der Waals surface area contributed by atoms with Crippen molar-refractivity contribution in [1.29, 1.82) is 0 Å². The molecule has 0 spiro atoms. The predicted molar refractivity (Wildman–Crippen MR) is 102 cm³/mol. The molecule has 0 radical (unpaired) electrons. The maximum Gasteiger partial charge on any atom is 0.243 e. The first-order valence-corrected chi connectivity index (χ1v) is 10.7. The quantitative estimate of drug-likeness (QED) is 0.683. The molecule has 0 bridgehead atoms. The van der Waals surface area contributed by atoms with Crippen molar-refractivity contribution in [2.45, 2.75) is 51.0 Å². The monoisotopic (exact) mass is 383 g/mol. The first kappa shape index (κ1) is 20.7. The first-order chi connectivity index (χ1) is 12.4. The minimum absolute atomic E-state index is 0.150. The van der Waals surface area contributed by atoms with Gasteiger partial charge in [-0.1, -0.05) is 13.8 Å². The number of carbonyl (C=O) groups excluding carboxylic acids is 1. The van der Waals surface area contributed by atoms with Crippen LogP contribution in [-0.4, -0.2) is 50.9 Å². The molecule has 0 aromatic heterocycles. The highest BCUT2D eigenvalue weighted by Gasteiger charge is 2.24. The van der Waals surface area contributed by atoms with Crippen LogP contribution in [0, 0.1) is 0 Å². The van der Waals surface area contributed by atoms with Crippen LogP contribution in [0.4, 0.5) is 5.69 Å². The molecule has 0 saturated carbocycles. The first-order valence-electron chi connectivity index (χ1n) is 9.22. The van der Waals surface area contributed by atoms with Gasteiger partial charge in [-0.3, -0.25) is 4.79 Å². The van der Waals surface area contributed by atoms with Gasteiger partial charge in [0.2, 0.25) is 15.9 Å². The molecule has 1 aromatic rings. The summed E-state index contributed by atoms with van der Waals surface area (Å²) in [5.74, 6) is 0.321. The highest BCUT2D eigenvalue weighted by atomic mass is 32.2. The Morgan fingerprint density at radius 3 is 2.62 bits per heavy atom. The topological polar surface area (TPSA) is 87.7 Å². The van der Waals surface area contributed by atoms with E-state index in [9.17, 15) is 13.2 Å². The van der Waals surface area contributed by atoms with Crippen molar-refractivity contribution in [2.24, 2.45) is 0 Å². The van der Waals surface area contributed by atoms with Gasteiger partial charge < -0.3 is 15.4 Å². The van der Waals surface area contributed by atoms with E-state index < -0.39 is 10.0 Å². The second kappa shape index (κ2) is 9.34. The summed E-state index contributed by atoms with van der Waals surface area (Å²) in [6, 6.07) is 4.78. The molecule has 2 rings (SSSR count). The molecule has 2 N–H and O–H groups in total. The summed E-state index contributed by atoms with van der Waals surface area (Å²) in [6.07, 6.45) is 2.40. The number of sulfonamides is 1. The Labute approximate surface area is 156 Å². The maximum absolute atomic E-state index is 12.7. The fourth-order valence-corrected chi connectivity index (χ4v) is 4.60. The lowest BCUT2D eigenvalue weighted by Gasteiger charge is -2.20. The number of nitrogens with zero attached hydrogens (tertiary/aromatic N) is 1. The molecular weight excluding hydrogens is 354 g/mol. The zero-order valence-corrected chi connectivity index (χ0v) is 16.6. The predicted octanol–water partition coefficient (Wildman–Crippen LogP) is 2.20. The van der Waals surface area contributed by atoms with Gasteiger partial charge >= 0.3 is 0 Å². The van der Waals surface area contributed by atoms with Gasteiger partial charge in [-0.05, 0) is 44.5 Å². The molecule has 1 unspecified atom stereocenters. The SMILES string of the molecule is CCOc1ccc(S(=O)(=O)N(CC)CC)cc1NC(=O)CC1CCCN1. The smallest absolute Gasteiger partial charge is 0.243 e. The molecule has 1 aliphatic rings. The van der Waals surface area contributed by atoms with Crippen LogP contribution in [0.15, 0.2) is 23.1 Å². The van der Waals surface area contributed by atoms with Crippen LogP contribution in [0.2, 0.25) is 0 Å². The summed E-state index contributed by atoms with van der Waals surface area (Å²) in [5, 5.41) is 6.11. The summed E-state index contributed by atoms with van der Waals surface area (Å²) in [7, 11) is -3.60. The molecule has 1 heterocycles. The van der Waals surface area contributed by atoms with Crippen molar-refractivity contribution in [3.8, 4) is 5.75 Å². The van der Waals surface area contributed by atoms with E-state index in [4.69, 9.17) is 4.74 Å². The molecule has 1 aliphatic heterocycles. The van der Waals surface area contributed by atoms with Crippen molar-refractivity contribution in [3.63, 3.8) is 0 Å². The number of nitrogens with one attached hydrogen (secondary N) is 2. The van der Waals surface area contributed by atoms with Gasteiger partial charge in [-0.15, -0.1) is 0 Å². The maximum atomic E-state index is 12.7. The zero-order valence-electron chi connectivity index (χ0n) is 15.7. The molecule has 1 atom stereocenters. The average molecular weight is 384 g/mol. The van der Waals surface area contributed by atoms with Crippen LogP contribution in [0.1, 0.15) is 40.0 Å². The lowest BCUT2D eigenvalue weighted by molar-refractivity contribution is -0.116. The van der Waals surface area contributed by atoms with E-state index in [0.717, 1.165) is 19.4 Å². The Balaban J connectivity index is 2.25. The largest absolute Gasteiger partial charge is 0.492 e. The second-order valence-corrected chi connectivity index (χ2v) is 8.16. The second-order valence-electron chi connectivity index (χ2n) is 6.23. The van der Waals surface area contributed by atoms with E-state index in [2.05, 4.69) is 10.6 Å². The number of hydrogen-bond acceptors (Lipinski definition) is 5. The number of rotatable bonds is 9. The molecule has 8 heteroatoms. The molecule has 1 aromatic carbocycles. The Hall–Kier alpha value is -1.64. The number of ether oxygens (including phenoxy) is 1. The normalized spacial score (nSPS) is 17.5. The van der Waals surface area contributed by atoms with Gasteiger partial charge in [-0.2, -0.15) is 4.31 Å². The molecule has 7 nitrogen and oxygen atoms in total. The molecule has 26 heavy (non-hydrogen) atoms. The average Bonchev–Trinajstić information content (AvgIpc) is 3.10. The third-order valence-electron chi connectivity index (χ3n) is 4.46. The molecule has 1 amide bonds. The molecule has 1 fully saturated rings. The fraction of sp³-hybridized carbons (Fsp3) is 0.611. The van der Waals surface area contributed by atoms with Crippen molar-refractivity contribution >= 4 is 21.6 Å². The van der Waals surface area contributed by atoms with Crippen LogP contribution < -0.4 is 15.4 Å². The lowest BCUT2D eigenvalue weighted by Crippen LogP contribution is -2.31. The minimum Gasteiger partial charge on any atom is -0.492 e. The third-order valence-corrected chi connectivity index (χ3v) is 6.51.